The maximum atomic E-state index is 12.3. The van der Waals surface area contributed by atoms with E-state index in [2.05, 4.69) is 9.98 Å². The van der Waals surface area contributed by atoms with E-state index < -0.39 is 5.63 Å². The maximum absolute atomic E-state index is 12.3. The van der Waals surface area contributed by atoms with Crippen LogP contribution in [0, 0.1) is 0 Å². The smallest absolute Gasteiger partial charge is 0.345 e. The number of fused-ring (bicyclic) bond motifs is 1. The number of para-hydroxylation sites is 1. The van der Waals surface area contributed by atoms with Gasteiger partial charge in [0.1, 0.15) is 17.1 Å². The van der Waals surface area contributed by atoms with Crippen molar-refractivity contribution in [3.05, 3.63) is 69.9 Å². The minimum Gasteiger partial charge on any atom is -0.507 e. The molecule has 0 aliphatic carbocycles. The second-order valence-electron chi connectivity index (χ2n) is 5.68. The molecule has 0 unspecified atom stereocenters. The summed E-state index contributed by atoms with van der Waals surface area (Å²) in [7, 11) is 1.58. The second-order valence-corrected chi connectivity index (χ2v) is 6.52. The molecule has 0 radical (unpaired) electrons. The summed E-state index contributed by atoms with van der Waals surface area (Å²) in [6, 6.07) is 13.8. The van der Waals surface area contributed by atoms with E-state index in [0.29, 0.717) is 33.3 Å². The predicted molar refractivity (Wildman–Crippen MR) is 106 cm³/mol. The molecule has 2 aromatic carbocycles. The molecular weight excluding hydrogens is 364 g/mol. The molecule has 2 aromatic heterocycles. The number of rotatable bonds is 4. The van der Waals surface area contributed by atoms with E-state index in [9.17, 15) is 9.90 Å². The van der Waals surface area contributed by atoms with Crippen LogP contribution in [-0.2, 0) is 0 Å². The lowest BCUT2D eigenvalue weighted by Crippen LogP contribution is -2.02. The largest absolute Gasteiger partial charge is 0.507 e. The fraction of sp³-hybridized carbons (Fsp3) is 0.0500. The number of hydrogen-bond acceptors (Lipinski definition) is 7. The predicted octanol–water partition coefficient (Wildman–Crippen LogP) is 4.38. The van der Waals surface area contributed by atoms with Gasteiger partial charge in [-0.25, -0.2) is 14.8 Å². The minimum atomic E-state index is -0.464. The lowest BCUT2D eigenvalue weighted by Gasteiger charge is -2.02. The molecular formula is C20H14N2O4S. The third-order valence-electron chi connectivity index (χ3n) is 3.96. The molecule has 0 saturated heterocycles. The molecule has 7 heteroatoms. The van der Waals surface area contributed by atoms with Crippen LogP contribution in [0.25, 0.3) is 22.2 Å². The summed E-state index contributed by atoms with van der Waals surface area (Å²) in [5.41, 5.74) is 1.46. The first-order valence-corrected chi connectivity index (χ1v) is 8.92. The first-order chi connectivity index (χ1) is 13.1. The number of aromatic nitrogens is 1. The number of aromatic hydroxyl groups is 1. The zero-order chi connectivity index (χ0) is 18.8. The average molecular weight is 378 g/mol. The van der Waals surface area contributed by atoms with Gasteiger partial charge < -0.3 is 14.3 Å². The lowest BCUT2D eigenvalue weighted by molar-refractivity contribution is 0.415. The van der Waals surface area contributed by atoms with E-state index in [4.69, 9.17) is 9.15 Å². The van der Waals surface area contributed by atoms with Gasteiger partial charge in [0.25, 0.3) is 0 Å². The first kappa shape index (κ1) is 17.0. The Morgan fingerprint density at radius 3 is 2.89 bits per heavy atom. The Hall–Kier alpha value is -3.45. The van der Waals surface area contributed by atoms with Crippen molar-refractivity contribution in [2.75, 3.05) is 7.11 Å². The summed E-state index contributed by atoms with van der Waals surface area (Å²) in [4.78, 5) is 21.0. The van der Waals surface area contributed by atoms with Crippen LogP contribution >= 0.6 is 11.3 Å². The quantitative estimate of drug-likeness (QED) is 0.421. The van der Waals surface area contributed by atoms with Gasteiger partial charge in [-0.2, -0.15) is 0 Å². The van der Waals surface area contributed by atoms with Gasteiger partial charge in [0.2, 0.25) is 5.13 Å². The highest BCUT2D eigenvalue weighted by molar-refractivity contribution is 7.13. The summed E-state index contributed by atoms with van der Waals surface area (Å²) in [5.74, 6) is 0.815. The summed E-state index contributed by atoms with van der Waals surface area (Å²) in [6.07, 6.45) is 1.53. The highest BCUT2D eigenvalue weighted by Gasteiger charge is 2.12. The molecule has 27 heavy (non-hydrogen) atoms. The molecule has 0 aliphatic heterocycles. The Morgan fingerprint density at radius 2 is 2.07 bits per heavy atom. The van der Waals surface area contributed by atoms with E-state index >= 15 is 0 Å². The summed E-state index contributed by atoms with van der Waals surface area (Å²) in [6.45, 7) is 0. The number of phenols is 1. The molecule has 0 saturated carbocycles. The summed E-state index contributed by atoms with van der Waals surface area (Å²) < 4.78 is 10.6. The van der Waals surface area contributed by atoms with Crippen molar-refractivity contribution >= 4 is 33.7 Å². The van der Waals surface area contributed by atoms with Gasteiger partial charge in [-0.05, 0) is 36.4 Å². The normalized spacial score (nSPS) is 11.3. The van der Waals surface area contributed by atoms with E-state index in [1.807, 2.05) is 6.07 Å². The van der Waals surface area contributed by atoms with Crippen LogP contribution in [0.3, 0.4) is 0 Å². The van der Waals surface area contributed by atoms with Gasteiger partial charge in [0.15, 0.2) is 0 Å². The molecule has 0 bridgehead atoms. The summed E-state index contributed by atoms with van der Waals surface area (Å²) >= 11 is 1.30. The third-order valence-corrected chi connectivity index (χ3v) is 4.71. The number of aliphatic imine (C=N–C) groups is 1. The number of benzene rings is 2. The Kier molecular flexibility index (Phi) is 4.43. The van der Waals surface area contributed by atoms with E-state index in [0.717, 1.165) is 5.39 Å². The van der Waals surface area contributed by atoms with Crippen molar-refractivity contribution in [3.63, 3.8) is 0 Å². The highest BCUT2D eigenvalue weighted by Crippen LogP contribution is 2.28. The van der Waals surface area contributed by atoms with Crippen molar-refractivity contribution < 1.29 is 14.3 Å². The van der Waals surface area contributed by atoms with Gasteiger partial charge in [-0.1, -0.05) is 12.1 Å². The molecule has 0 amide bonds. The first-order valence-electron chi connectivity index (χ1n) is 8.04. The van der Waals surface area contributed by atoms with Crippen molar-refractivity contribution in [3.8, 4) is 22.8 Å². The van der Waals surface area contributed by atoms with Crippen LogP contribution < -0.4 is 10.4 Å². The van der Waals surface area contributed by atoms with Crippen LogP contribution in [0.2, 0.25) is 0 Å². The Balaban J connectivity index is 1.69. The van der Waals surface area contributed by atoms with E-state index in [-0.39, 0.29) is 5.75 Å². The zero-order valence-electron chi connectivity index (χ0n) is 14.2. The molecule has 2 heterocycles. The Morgan fingerprint density at radius 1 is 1.22 bits per heavy atom. The molecule has 0 aliphatic rings. The Bertz CT molecular complexity index is 1210. The SMILES string of the molecule is COc1ccc2oc(=O)c(-c3csc(N=Cc4ccccc4O)n3)cc2c1. The van der Waals surface area contributed by atoms with Crippen LogP contribution in [-0.4, -0.2) is 23.4 Å². The molecule has 6 nitrogen and oxygen atoms in total. The van der Waals surface area contributed by atoms with Crippen molar-refractivity contribution in [2.45, 2.75) is 0 Å². The van der Waals surface area contributed by atoms with Crippen LogP contribution in [0.15, 0.2) is 68.1 Å². The maximum Gasteiger partial charge on any atom is 0.345 e. The second kappa shape index (κ2) is 7.05. The fourth-order valence-corrected chi connectivity index (χ4v) is 3.24. The van der Waals surface area contributed by atoms with Crippen molar-refractivity contribution in [1.82, 2.24) is 4.98 Å². The molecule has 0 fully saturated rings. The number of hydrogen-bond donors (Lipinski definition) is 1. The van der Waals surface area contributed by atoms with E-state index in [1.165, 1.54) is 17.6 Å². The Labute approximate surface area is 158 Å². The number of methoxy groups -OCH3 is 1. The average Bonchev–Trinajstić information content (AvgIpc) is 3.15. The van der Waals surface area contributed by atoms with Gasteiger partial charge in [-0.15, -0.1) is 11.3 Å². The monoisotopic (exact) mass is 378 g/mol. The zero-order valence-corrected chi connectivity index (χ0v) is 15.1. The third kappa shape index (κ3) is 3.45. The van der Waals surface area contributed by atoms with Crippen LogP contribution in [0.4, 0.5) is 5.13 Å². The van der Waals surface area contributed by atoms with Gasteiger partial charge >= 0.3 is 5.63 Å². The van der Waals surface area contributed by atoms with Gasteiger partial charge in [0.05, 0.1) is 18.4 Å². The lowest BCUT2D eigenvalue weighted by atomic mass is 10.1. The van der Waals surface area contributed by atoms with Gasteiger partial charge in [-0.3, -0.25) is 0 Å². The number of nitrogens with zero attached hydrogens (tertiary/aromatic N) is 2. The molecule has 0 atom stereocenters. The molecule has 1 N–H and O–H groups in total. The minimum absolute atomic E-state index is 0.141. The molecule has 0 spiro atoms. The molecule has 4 aromatic rings. The highest BCUT2D eigenvalue weighted by atomic mass is 32.1. The summed E-state index contributed by atoms with van der Waals surface area (Å²) in [5, 5.41) is 12.7. The number of thiazole rings is 1. The van der Waals surface area contributed by atoms with Crippen molar-refractivity contribution in [2.24, 2.45) is 4.99 Å². The van der Waals surface area contributed by atoms with E-state index in [1.54, 1.807) is 55.0 Å². The van der Waals surface area contributed by atoms with Crippen molar-refractivity contribution in [1.29, 1.82) is 0 Å². The van der Waals surface area contributed by atoms with Gasteiger partial charge in [0, 0.05) is 22.5 Å². The molecule has 4 rings (SSSR count). The standard InChI is InChI=1S/C20H14N2O4S/c1-25-14-6-7-18-13(8-14)9-15(19(24)26-18)16-11-27-20(22-16)21-10-12-4-2-3-5-17(12)23/h2-11,23H,1H3. The fourth-order valence-electron chi connectivity index (χ4n) is 2.58. The molecule has 134 valence electrons. The van der Waals surface area contributed by atoms with Crippen LogP contribution in [0.5, 0.6) is 11.5 Å². The number of ether oxygens (including phenoxy) is 1. The number of phenolic OH excluding ortho intramolecular Hbond substituents is 1. The van der Waals surface area contributed by atoms with Crippen LogP contribution in [0.1, 0.15) is 5.56 Å². The topological polar surface area (TPSA) is 84.9 Å².